The molecular weight excluding hydrogens is 240 g/mol. The molecule has 2 N–H and O–H groups in total. The Morgan fingerprint density at radius 3 is 2.12 bits per heavy atom. The van der Waals surface area contributed by atoms with E-state index in [1.165, 1.54) is 6.92 Å². The van der Waals surface area contributed by atoms with Crippen molar-refractivity contribution in [3.63, 3.8) is 0 Å². The molecule has 0 atom stereocenters. The van der Waals surface area contributed by atoms with E-state index in [0.717, 1.165) is 0 Å². The molecule has 0 aromatic heterocycles. The number of rotatable bonds is 5. The van der Waals surface area contributed by atoms with Gasteiger partial charge in [-0.2, -0.15) is 13.1 Å². The molecule has 0 spiro atoms. The summed E-state index contributed by atoms with van der Waals surface area (Å²) in [7, 11) is -3.55. The van der Waals surface area contributed by atoms with Crippen molar-refractivity contribution in [1.82, 2.24) is 4.72 Å². The van der Waals surface area contributed by atoms with Crippen LogP contribution in [-0.4, -0.2) is 20.2 Å². The van der Waals surface area contributed by atoms with Gasteiger partial charge in [0.25, 0.3) is 10.2 Å². The van der Waals surface area contributed by atoms with Crippen molar-refractivity contribution in [2.24, 2.45) is 0 Å². The molecule has 94 valence electrons. The van der Waals surface area contributed by atoms with Crippen LogP contribution in [0.1, 0.15) is 31.1 Å². The molecule has 0 radical (unpaired) electrons. The lowest BCUT2D eigenvalue weighted by molar-refractivity contribution is 0.101. The van der Waals surface area contributed by atoms with E-state index < -0.39 is 10.2 Å². The first-order valence-corrected chi connectivity index (χ1v) is 6.69. The number of benzene rings is 1. The Kier molecular flexibility index (Phi) is 4.25. The molecule has 5 nitrogen and oxygen atoms in total. The lowest BCUT2D eigenvalue weighted by Gasteiger charge is -2.11. The van der Waals surface area contributed by atoms with Crippen molar-refractivity contribution in [3.8, 4) is 0 Å². The lowest BCUT2D eigenvalue weighted by atomic mass is 10.1. The minimum Gasteiger partial charge on any atom is -0.295 e. The third kappa shape index (κ3) is 4.54. The topological polar surface area (TPSA) is 75.3 Å². The van der Waals surface area contributed by atoms with Crippen LogP contribution < -0.4 is 9.44 Å². The van der Waals surface area contributed by atoms with Gasteiger partial charge < -0.3 is 0 Å². The number of hydrogen-bond donors (Lipinski definition) is 2. The van der Waals surface area contributed by atoms with Crippen molar-refractivity contribution in [2.75, 3.05) is 4.72 Å². The first-order valence-electron chi connectivity index (χ1n) is 5.21. The predicted octanol–water partition coefficient (Wildman–Crippen LogP) is 1.54. The van der Waals surface area contributed by atoms with E-state index in [9.17, 15) is 13.2 Å². The Balaban J connectivity index is 2.79. The average Bonchev–Trinajstić information content (AvgIpc) is 2.15. The van der Waals surface area contributed by atoms with Gasteiger partial charge in [-0.25, -0.2) is 0 Å². The second kappa shape index (κ2) is 5.29. The summed E-state index contributed by atoms with van der Waals surface area (Å²) < 4.78 is 27.8. The quantitative estimate of drug-likeness (QED) is 0.785. The Labute approximate surface area is 101 Å². The fraction of sp³-hybridized carbons (Fsp3) is 0.364. The summed E-state index contributed by atoms with van der Waals surface area (Å²) in [5.41, 5.74) is 0.966. The summed E-state index contributed by atoms with van der Waals surface area (Å²) >= 11 is 0. The second-order valence-electron chi connectivity index (χ2n) is 4.01. The molecule has 0 saturated heterocycles. The van der Waals surface area contributed by atoms with Gasteiger partial charge in [0.2, 0.25) is 0 Å². The monoisotopic (exact) mass is 256 g/mol. The van der Waals surface area contributed by atoms with Crippen LogP contribution in [0.2, 0.25) is 0 Å². The molecule has 0 bridgehead atoms. The minimum absolute atomic E-state index is 0.0558. The van der Waals surface area contributed by atoms with E-state index in [0.29, 0.717) is 11.3 Å². The fourth-order valence-electron chi connectivity index (χ4n) is 1.27. The number of ketones is 1. The largest absolute Gasteiger partial charge is 0.299 e. The summed E-state index contributed by atoms with van der Waals surface area (Å²) in [5, 5.41) is 0. The first-order chi connectivity index (χ1) is 7.80. The molecule has 0 fully saturated rings. The molecule has 0 unspecified atom stereocenters. The highest BCUT2D eigenvalue weighted by atomic mass is 32.2. The molecule has 0 heterocycles. The van der Waals surface area contributed by atoms with Crippen molar-refractivity contribution in [3.05, 3.63) is 29.8 Å². The van der Waals surface area contributed by atoms with E-state index in [2.05, 4.69) is 9.44 Å². The standard InChI is InChI=1S/C11H16N2O3S/c1-8(2)12-17(15,16)13-11-6-4-10(5-7-11)9(3)14/h4-8,12-13H,1-3H3. The fourth-order valence-corrected chi connectivity index (χ4v) is 2.39. The van der Waals surface area contributed by atoms with Gasteiger partial charge in [-0.05, 0) is 45.0 Å². The molecule has 0 aliphatic rings. The Morgan fingerprint density at radius 2 is 1.71 bits per heavy atom. The van der Waals surface area contributed by atoms with Crippen LogP contribution >= 0.6 is 0 Å². The zero-order valence-electron chi connectivity index (χ0n) is 10.0. The summed E-state index contributed by atoms with van der Waals surface area (Å²) in [5.74, 6) is -0.0558. The van der Waals surface area contributed by atoms with Gasteiger partial charge in [-0.1, -0.05) is 0 Å². The van der Waals surface area contributed by atoms with Crippen molar-refractivity contribution < 1.29 is 13.2 Å². The molecule has 1 rings (SSSR count). The van der Waals surface area contributed by atoms with E-state index in [1.807, 2.05) is 0 Å². The van der Waals surface area contributed by atoms with E-state index in [-0.39, 0.29) is 11.8 Å². The van der Waals surface area contributed by atoms with Gasteiger partial charge in [0.15, 0.2) is 5.78 Å². The molecule has 0 saturated carbocycles. The highest BCUT2D eigenvalue weighted by Gasteiger charge is 2.11. The maximum atomic E-state index is 11.5. The first kappa shape index (κ1) is 13.7. The molecule has 6 heteroatoms. The van der Waals surface area contributed by atoms with Crippen LogP contribution in [0.5, 0.6) is 0 Å². The Bertz CT molecular complexity index is 492. The second-order valence-corrected chi connectivity index (χ2v) is 5.46. The zero-order valence-corrected chi connectivity index (χ0v) is 10.8. The lowest BCUT2D eigenvalue weighted by Crippen LogP contribution is -2.35. The van der Waals surface area contributed by atoms with Crippen LogP contribution in [-0.2, 0) is 10.2 Å². The number of carbonyl (C=O) groups excluding carboxylic acids is 1. The molecule has 1 aromatic carbocycles. The van der Waals surface area contributed by atoms with Crippen LogP contribution in [0.15, 0.2) is 24.3 Å². The third-order valence-corrected chi connectivity index (χ3v) is 3.22. The SMILES string of the molecule is CC(=O)c1ccc(NS(=O)(=O)NC(C)C)cc1. The Hall–Kier alpha value is -1.40. The van der Waals surface area contributed by atoms with Gasteiger partial charge in [-0.15, -0.1) is 0 Å². The predicted molar refractivity (Wildman–Crippen MR) is 67.3 cm³/mol. The smallest absolute Gasteiger partial charge is 0.295 e. The van der Waals surface area contributed by atoms with E-state index >= 15 is 0 Å². The highest BCUT2D eigenvalue weighted by molar-refractivity contribution is 7.90. The minimum atomic E-state index is -3.55. The zero-order chi connectivity index (χ0) is 13.1. The molecular formula is C11H16N2O3S. The molecule has 0 amide bonds. The van der Waals surface area contributed by atoms with Crippen LogP contribution in [0.25, 0.3) is 0 Å². The maximum absolute atomic E-state index is 11.5. The Morgan fingerprint density at radius 1 is 1.18 bits per heavy atom. The van der Waals surface area contributed by atoms with E-state index in [1.54, 1.807) is 38.1 Å². The normalized spacial score (nSPS) is 11.5. The maximum Gasteiger partial charge on any atom is 0.299 e. The number of anilines is 1. The average molecular weight is 256 g/mol. The van der Waals surface area contributed by atoms with Gasteiger partial charge in [-0.3, -0.25) is 9.52 Å². The highest BCUT2D eigenvalue weighted by Crippen LogP contribution is 2.11. The van der Waals surface area contributed by atoms with Crippen molar-refractivity contribution in [2.45, 2.75) is 26.8 Å². The van der Waals surface area contributed by atoms with Crippen molar-refractivity contribution >= 4 is 21.7 Å². The van der Waals surface area contributed by atoms with Gasteiger partial charge >= 0.3 is 0 Å². The van der Waals surface area contributed by atoms with E-state index in [4.69, 9.17) is 0 Å². The van der Waals surface area contributed by atoms with Gasteiger partial charge in [0.05, 0.1) is 0 Å². The summed E-state index contributed by atoms with van der Waals surface area (Å²) in [6.45, 7) is 4.93. The summed E-state index contributed by atoms with van der Waals surface area (Å²) in [6.07, 6.45) is 0. The van der Waals surface area contributed by atoms with Gasteiger partial charge in [0, 0.05) is 17.3 Å². The molecule has 0 aliphatic carbocycles. The van der Waals surface area contributed by atoms with Gasteiger partial charge in [0.1, 0.15) is 0 Å². The number of Topliss-reactive ketones (excluding diaryl/α,β-unsaturated/α-hetero) is 1. The third-order valence-electron chi connectivity index (χ3n) is 1.93. The number of carbonyl (C=O) groups is 1. The summed E-state index contributed by atoms with van der Waals surface area (Å²) in [4.78, 5) is 11.0. The van der Waals surface area contributed by atoms with Crippen LogP contribution in [0.3, 0.4) is 0 Å². The molecule has 1 aromatic rings. The van der Waals surface area contributed by atoms with Crippen LogP contribution in [0, 0.1) is 0 Å². The number of nitrogens with one attached hydrogen (secondary N) is 2. The summed E-state index contributed by atoms with van der Waals surface area (Å²) in [6, 6.07) is 6.08. The molecule has 17 heavy (non-hydrogen) atoms. The number of hydrogen-bond acceptors (Lipinski definition) is 3. The van der Waals surface area contributed by atoms with Crippen molar-refractivity contribution in [1.29, 1.82) is 0 Å². The van der Waals surface area contributed by atoms with Crippen LogP contribution in [0.4, 0.5) is 5.69 Å². The molecule has 0 aliphatic heterocycles.